The molecule has 0 fully saturated rings. The van der Waals surface area contributed by atoms with Crippen molar-refractivity contribution in [1.82, 2.24) is 0 Å². The molecule has 1 rings (SSSR count). The number of hydrogen-bond acceptors (Lipinski definition) is 1. The molecule has 0 aliphatic rings. The molecule has 1 aromatic carbocycles. The molecule has 1 nitrogen and oxygen atoms in total. The van der Waals surface area contributed by atoms with Crippen molar-refractivity contribution in [1.29, 1.82) is 0 Å². The Bertz CT molecular complexity index is 225. The maximum atomic E-state index is 5.55. The third-order valence-corrected chi connectivity index (χ3v) is 1.50. The Morgan fingerprint density at radius 3 is 2.18 bits per heavy atom. The van der Waals surface area contributed by atoms with Gasteiger partial charge in [0.25, 0.3) is 0 Å². The molecule has 0 bridgehead atoms. The fourth-order valence-electron chi connectivity index (χ4n) is 0.959. The third-order valence-electron chi connectivity index (χ3n) is 1.50. The zero-order valence-corrected chi connectivity index (χ0v) is 6.74. The predicted octanol–water partition coefficient (Wildman–Crippen LogP) is 1.67. The Labute approximate surface area is 67.8 Å². The van der Waals surface area contributed by atoms with Crippen LogP contribution in [0.25, 0.3) is 0 Å². The Balaban J connectivity index is 0.000001000. The monoisotopic (exact) mass is 151 g/mol. The molecule has 2 radical (unpaired) electrons. The fourth-order valence-corrected chi connectivity index (χ4v) is 0.959. The fraction of sp³-hybridized carbons (Fsp3) is 0.250. The number of benzene rings is 1. The Hall–Kier alpha value is -0.985. The second-order valence-electron chi connectivity index (χ2n) is 2.40. The van der Waals surface area contributed by atoms with Crippen molar-refractivity contribution in [3.8, 4) is 0 Å². The first-order chi connectivity index (χ1) is 4.72. The summed E-state index contributed by atoms with van der Waals surface area (Å²) in [5.74, 6) is 0. The van der Waals surface area contributed by atoms with E-state index >= 15 is 0 Å². The van der Waals surface area contributed by atoms with Gasteiger partial charge in [0.1, 0.15) is 0 Å². The van der Waals surface area contributed by atoms with Gasteiger partial charge in [-0.3, -0.25) is 4.70 Å². The molecule has 1 aromatic rings. The predicted molar refractivity (Wildman–Crippen MR) is 47.8 cm³/mol. The average Bonchev–Trinajstić information content (AvgIpc) is 1.88. The van der Waals surface area contributed by atoms with Gasteiger partial charge in [-0.05, 0) is 25.6 Å². The Morgan fingerprint density at radius 2 is 1.82 bits per heavy atom. The van der Waals surface area contributed by atoms with Gasteiger partial charge in [-0.1, -0.05) is 18.2 Å². The minimum Gasteiger partial charge on any atom is -0.427 e. The van der Waals surface area contributed by atoms with Crippen molar-refractivity contribution in [3.63, 3.8) is 0 Å². The zero-order chi connectivity index (χ0) is 7.56. The normalized spacial score (nSPS) is 8.55. The highest BCUT2D eigenvalue weighted by Crippen LogP contribution is 2.14. The van der Waals surface area contributed by atoms with Crippen LogP contribution in [0.1, 0.15) is 5.56 Å². The van der Waals surface area contributed by atoms with Crippen molar-refractivity contribution in [2.45, 2.75) is 6.92 Å². The minimum atomic E-state index is 0. The molecule has 0 saturated carbocycles. The lowest BCUT2D eigenvalue weighted by Gasteiger charge is -2.14. The van der Waals surface area contributed by atoms with Crippen molar-refractivity contribution >= 4 is 13.7 Å². The number of halogens is 1. The summed E-state index contributed by atoms with van der Waals surface area (Å²) in [5.41, 5.74) is 2.27. The van der Waals surface area contributed by atoms with Crippen molar-refractivity contribution < 1.29 is 4.70 Å². The second kappa shape index (κ2) is 4.01. The Morgan fingerprint density at radius 1 is 1.27 bits per heavy atom. The van der Waals surface area contributed by atoms with Crippen molar-refractivity contribution in [3.05, 3.63) is 29.8 Å². The summed E-state index contributed by atoms with van der Waals surface area (Å²) in [4.78, 5) is 1.62. The van der Waals surface area contributed by atoms with Gasteiger partial charge in [-0.2, -0.15) is 0 Å². The highest BCUT2D eigenvalue weighted by atomic mass is 19.0. The molecular weight excluding hydrogens is 140 g/mol. The first kappa shape index (κ1) is 10.0. The minimum absolute atomic E-state index is 0. The van der Waals surface area contributed by atoms with E-state index in [0.29, 0.717) is 0 Å². The van der Waals surface area contributed by atoms with E-state index in [2.05, 4.69) is 0 Å². The van der Waals surface area contributed by atoms with Crippen LogP contribution in [0.2, 0.25) is 0 Å². The van der Waals surface area contributed by atoms with E-state index < -0.39 is 0 Å². The van der Waals surface area contributed by atoms with E-state index in [4.69, 9.17) is 7.98 Å². The summed E-state index contributed by atoms with van der Waals surface area (Å²) in [6.07, 6.45) is 0. The van der Waals surface area contributed by atoms with Crippen LogP contribution in [0.15, 0.2) is 24.3 Å². The van der Waals surface area contributed by atoms with E-state index in [0.717, 1.165) is 5.69 Å². The molecule has 0 heterocycles. The molecule has 0 atom stereocenters. The molecular formula is C8H11BFN. The smallest absolute Gasteiger partial charge is 0.226 e. The van der Waals surface area contributed by atoms with E-state index in [1.54, 1.807) is 4.81 Å². The number of rotatable bonds is 1. The van der Waals surface area contributed by atoms with Crippen LogP contribution in [-0.2, 0) is 0 Å². The second-order valence-corrected chi connectivity index (χ2v) is 2.40. The van der Waals surface area contributed by atoms with Crippen LogP contribution in [0.5, 0.6) is 0 Å². The number of hydrogen-bond donors (Lipinski definition) is 0. The maximum absolute atomic E-state index is 5.55. The molecule has 0 saturated heterocycles. The number of aryl methyl sites for hydroxylation is 1. The molecule has 0 N–H and O–H groups in total. The molecule has 11 heavy (non-hydrogen) atoms. The topological polar surface area (TPSA) is 3.24 Å². The molecule has 0 aliphatic heterocycles. The van der Waals surface area contributed by atoms with Gasteiger partial charge in [-0.15, -0.1) is 0 Å². The van der Waals surface area contributed by atoms with Crippen LogP contribution in [0, 0.1) is 6.92 Å². The molecule has 3 heteroatoms. The van der Waals surface area contributed by atoms with Crippen LogP contribution in [-0.4, -0.2) is 15.0 Å². The lowest BCUT2D eigenvalue weighted by Crippen LogP contribution is -2.12. The van der Waals surface area contributed by atoms with E-state index in [1.165, 1.54) is 5.56 Å². The van der Waals surface area contributed by atoms with E-state index in [-0.39, 0.29) is 4.70 Å². The number of para-hydroxylation sites is 1. The average molecular weight is 151 g/mol. The van der Waals surface area contributed by atoms with Gasteiger partial charge in [0, 0.05) is 5.69 Å². The number of nitrogens with zero attached hydrogens (tertiary/aromatic N) is 1. The summed E-state index contributed by atoms with van der Waals surface area (Å²) in [6.45, 7) is 2.04. The third kappa shape index (κ3) is 2.26. The van der Waals surface area contributed by atoms with Gasteiger partial charge in [-0.25, -0.2) is 0 Å². The SMILES string of the molecule is F.[B]N(C)c1ccccc1C. The summed E-state index contributed by atoms with van der Waals surface area (Å²) in [5, 5.41) is 0. The first-order valence-corrected chi connectivity index (χ1v) is 3.26. The van der Waals surface area contributed by atoms with Crippen LogP contribution in [0.3, 0.4) is 0 Å². The summed E-state index contributed by atoms with van der Waals surface area (Å²) in [7, 11) is 7.38. The van der Waals surface area contributed by atoms with Gasteiger partial charge < -0.3 is 4.81 Å². The maximum Gasteiger partial charge on any atom is 0.226 e. The molecule has 0 aromatic heterocycles. The van der Waals surface area contributed by atoms with Gasteiger partial charge in [0.05, 0.1) is 0 Å². The summed E-state index contributed by atoms with van der Waals surface area (Å²) < 4.78 is 0. The Kier molecular flexibility index (Phi) is 3.65. The molecule has 0 unspecified atom stereocenters. The van der Waals surface area contributed by atoms with Gasteiger partial charge in [0.15, 0.2) is 0 Å². The largest absolute Gasteiger partial charge is 0.427 e. The standard InChI is InChI=1S/C8H10BN.FH/c1-7-5-3-4-6-8(7)10(2)9;/h3-6H,1-2H3;1H. The van der Waals surface area contributed by atoms with Crippen molar-refractivity contribution in [2.24, 2.45) is 0 Å². The lowest BCUT2D eigenvalue weighted by atomic mass is 10.1. The number of anilines is 1. The molecule has 0 amide bonds. The zero-order valence-electron chi connectivity index (χ0n) is 6.74. The van der Waals surface area contributed by atoms with Gasteiger partial charge >= 0.3 is 0 Å². The molecule has 0 aliphatic carbocycles. The summed E-state index contributed by atoms with van der Waals surface area (Å²) in [6, 6.07) is 8.02. The molecule has 58 valence electrons. The first-order valence-electron chi connectivity index (χ1n) is 3.26. The van der Waals surface area contributed by atoms with E-state index in [1.807, 2.05) is 38.2 Å². The van der Waals surface area contributed by atoms with E-state index in [9.17, 15) is 0 Å². The summed E-state index contributed by atoms with van der Waals surface area (Å²) >= 11 is 0. The highest BCUT2D eigenvalue weighted by molar-refractivity contribution is 6.17. The highest BCUT2D eigenvalue weighted by Gasteiger charge is 1.95. The van der Waals surface area contributed by atoms with Crippen LogP contribution >= 0.6 is 0 Å². The van der Waals surface area contributed by atoms with Crippen LogP contribution in [0.4, 0.5) is 10.4 Å². The van der Waals surface area contributed by atoms with Crippen molar-refractivity contribution in [2.75, 3.05) is 11.9 Å². The lowest BCUT2D eigenvalue weighted by molar-refractivity contribution is 1.11. The quantitative estimate of drug-likeness (QED) is 0.551. The van der Waals surface area contributed by atoms with Crippen LogP contribution < -0.4 is 4.81 Å². The van der Waals surface area contributed by atoms with Gasteiger partial charge in [0.2, 0.25) is 7.98 Å². The molecule has 0 spiro atoms.